The molecule has 0 radical (unpaired) electrons. The Bertz CT molecular complexity index is 887. The van der Waals surface area contributed by atoms with Gasteiger partial charge < -0.3 is 14.8 Å². The van der Waals surface area contributed by atoms with Crippen LogP contribution in [0.1, 0.15) is 57.2 Å². The van der Waals surface area contributed by atoms with Gasteiger partial charge >= 0.3 is 11.9 Å². The number of carbonyl (C=O) groups excluding carboxylic acids is 3. The zero-order chi connectivity index (χ0) is 20.8. The number of fused-ring (bicyclic) bond motifs is 1. The maximum atomic E-state index is 12.3. The van der Waals surface area contributed by atoms with Crippen molar-refractivity contribution in [2.45, 2.75) is 39.5 Å². The SMILES string of the molecule is CCOC(=O)c1ccc(NC(=O)COC(=O)c2cc3c(s2)CC[C@@H](CC)C3)cc1. The summed E-state index contributed by atoms with van der Waals surface area (Å²) in [4.78, 5) is 37.8. The van der Waals surface area contributed by atoms with Gasteiger partial charge in [-0.15, -0.1) is 11.3 Å². The number of ether oxygens (including phenoxy) is 2. The molecule has 0 spiro atoms. The molecule has 1 aliphatic rings. The van der Waals surface area contributed by atoms with E-state index in [2.05, 4.69) is 12.2 Å². The number of anilines is 1. The van der Waals surface area contributed by atoms with Gasteiger partial charge in [-0.2, -0.15) is 0 Å². The molecule has 1 N–H and O–H groups in total. The molecular formula is C22H25NO5S. The fourth-order valence-corrected chi connectivity index (χ4v) is 4.45. The zero-order valence-electron chi connectivity index (χ0n) is 16.7. The third-order valence-corrected chi connectivity index (χ3v) is 6.19. The third-order valence-electron chi connectivity index (χ3n) is 4.98. The average Bonchev–Trinajstić information content (AvgIpc) is 3.16. The molecule has 0 aliphatic heterocycles. The third kappa shape index (κ3) is 5.44. The predicted molar refractivity (Wildman–Crippen MR) is 111 cm³/mol. The van der Waals surface area contributed by atoms with E-state index in [1.807, 2.05) is 6.07 Å². The van der Waals surface area contributed by atoms with E-state index in [0.29, 0.717) is 28.7 Å². The van der Waals surface area contributed by atoms with E-state index in [0.717, 1.165) is 25.7 Å². The van der Waals surface area contributed by atoms with Crippen molar-refractivity contribution in [1.29, 1.82) is 0 Å². The van der Waals surface area contributed by atoms with Crippen molar-refractivity contribution < 1.29 is 23.9 Å². The molecule has 1 heterocycles. The molecule has 6 nitrogen and oxygen atoms in total. The van der Waals surface area contributed by atoms with Crippen LogP contribution < -0.4 is 5.32 Å². The van der Waals surface area contributed by atoms with Gasteiger partial charge in [0.2, 0.25) is 0 Å². The fraction of sp³-hybridized carbons (Fsp3) is 0.409. The number of amides is 1. The van der Waals surface area contributed by atoms with Gasteiger partial charge in [-0.1, -0.05) is 13.3 Å². The summed E-state index contributed by atoms with van der Waals surface area (Å²) in [6.45, 7) is 3.87. The molecule has 2 aromatic rings. The molecule has 154 valence electrons. The van der Waals surface area contributed by atoms with Crippen LogP contribution in [0.4, 0.5) is 5.69 Å². The Hall–Kier alpha value is -2.67. The van der Waals surface area contributed by atoms with Crippen molar-refractivity contribution in [3.63, 3.8) is 0 Å². The molecule has 1 atom stereocenters. The normalized spacial score (nSPS) is 15.3. The van der Waals surface area contributed by atoms with E-state index in [1.165, 1.54) is 21.8 Å². The lowest BCUT2D eigenvalue weighted by Crippen LogP contribution is -2.20. The van der Waals surface area contributed by atoms with Crippen molar-refractivity contribution in [3.05, 3.63) is 51.2 Å². The van der Waals surface area contributed by atoms with Gasteiger partial charge in [0.15, 0.2) is 6.61 Å². The second kappa shape index (κ2) is 9.69. The number of thiophene rings is 1. The van der Waals surface area contributed by atoms with Crippen LogP contribution >= 0.6 is 11.3 Å². The summed E-state index contributed by atoms with van der Waals surface area (Å²) < 4.78 is 10.1. The summed E-state index contributed by atoms with van der Waals surface area (Å²) in [5.41, 5.74) is 2.16. The molecule has 0 saturated carbocycles. The number of carbonyl (C=O) groups is 3. The lowest BCUT2D eigenvalue weighted by Gasteiger charge is -2.19. The Morgan fingerprint density at radius 2 is 1.86 bits per heavy atom. The van der Waals surface area contributed by atoms with Crippen molar-refractivity contribution in [2.24, 2.45) is 5.92 Å². The zero-order valence-corrected chi connectivity index (χ0v) is 17.5. The summed E-state index contributed by atoms with van der Waals surface area (Å²) in [5, 5.41) is 2.64. The lowest BCUT2D eigenvalue weighted by atomic mass is 9.87. The van der Waals surface area contributed by atoms with Gasteiger partial charge in [0.1, 0.15) is 4.88 Å². The molecule has 3 rings (SSSR count). The number of hydrogen-bond acceptors (Lipinski definition) is 6. The first kappa shape index (κ1) is 21.0. The molecule has 1 aromatic heterocycles. The number of rotatable bonds is 7. The summed E-state index contributed by atoms with van der Waals surface area (Å²) >= 11 is 1.47. The maximum Gasteiger partial charge on any atom is 0.348 e. The van der Waals surface area contributed by atoms with Crippen LogP contribution in [0.5, 0.6) is 0 Å². The van der Waals surface area contributed by atoms with Crippen LogP contribution in [0, 0.1) is 5.92 Å². The molecule has 0 unspecified atom stereocenters. The van der Waals surface area contributed by atoms with Gasteiger partial charge in [-0.05, 0) is 68.0 Å². The molecule has 0 bridgehead atoms. The Labute approximate surface area is 174 Å². The minimum absolute atomic E-state index is 0.301. The van der Waals surface area contributed by atoms with Gasteiger partial charge in [0.25, 0.3) is 5.91 Å². The predicted octanol–water partition coefficient (Wildman–Crippen LogP) is 4.24. The highest BCUT2D eigenvalue weighted by Crippen LogP contribution is 2.33. The topological polar surface area (TPSA) is 81.7 Å². The first-order valence-corrected chi connectivity index (χ1v) is 10.7. The van der Waals surface area contributed by atoms with E-state index >= 15 is 0 Å². The highest BCUT2D eigenvalue weighted by atomic mass is 32.1. The monoisotopic (exact) mass is 415 g/mol. The van der Waals surface area contributed by atoms with E-state index in [1.54, 1.807) is 31.2 Å². The van der Waals surface area contributed by atoms with Gasteiger partial charge in [-0.25, -0.2) is 9.59 Å². The fourth-order valence-electron chi connectivity index (χ4n) is 3.35. The highest BCUT2D eigenvalue weighted by molar-refractivity contribution is 7.14. The number of benzene rings is 1. The van der Waals surface area contributed by atoms with Crippen molar-refractivity contribution in [2.75, 3.05) is 18.5 Å². The average molecular weight is 416 g/mol. The lowest BCUT2D eigenvalue weighted by molar-refractivity contribution is -0.119. The molecule has 7 heteroatoms. The van der Waals surface area contributed by atoms with Crippen LogP contribution in [0.25, 0.3) is 0 Å². The van der Waals surface area contributed by atoms with Gasteiger partial charge in [0.05, 0.1) is 12.2 Å². The van der Waals surface area contributed by atoms with Gasteiger partial charge in [-0.3, -0.25) is 4.79 Å². The Morgan fingerprint density at radius 3 is 2.55 bits per heavy atom. The van der Waals surface area contributed by atoms with E-state index in [9.17, 15) is 14.4 Å². The largest absolute Gasteiger partial charge is 0.462 e. The second-order valence-corrected chi connectivity index (χ2v) is 8.14. The summed E-state index contributed by atoms with van der Waals surface area (Å²) in [5.74, 6) is -0.634. The van der Waals surface area contributed by atoms with Crippen LogP contribution in [-0.4, -0.2) is 31.1 Å². The number of nitrogens with one attached hydrogen (secondary N) is 1. The van der Waals surface area contributed by atoms with E-state index in [-0.39, 0.29) is 6.61 Å². The Morgan fingerprint density at radius 1 is 1.10 bits per heavy atom. The molecule has 1 amide bonds. The minimum Gasteiger partial charge on any atom is -0.462 e. The standard InChI is InChI=1S/C22H25NO5S/c1-3-14-5-10-18-16(11-14)12-19(29-18)22(26)28-13-20(24)23-17-8-6-15(7-9-17)21(25)27-4-2/h6-9,12,14H,3-5,10-11,13H2,1-2H3,(H,23,24)/t14-/m1/s1. The minimum atomic E-state index is -0.467. The van der Waals surface area contributed by atoms with E-state index in [4.69, 9.17) is 9.47 Å². The molecular weight excluding hydrogens is 390 g/mol. The Kier molecular flexibility index (Phi) is 7.04. The molecule has 0 fully saturated rings. The van der Waals surface area contributed by atoms with Crippen LogP contribution in [0.15, 0.2) is 30.3 Å². The Balaban J connectivity index is 1.50. The van der Waals surface area contributed by atoms with Crippen LogP contribution in [0.2, 0.25) is 0 Å². The van der Waals surface area contributed by atoms with Crippen molar-refractivity contribution in [1.82, 2.24) is 0 Å². The first-order chi connectivity index (χ1) is 14.0. The van der Waals surface area contributed by atoms with Crippen molar-refractivity contribution >= 4 is 34.9 Å². The van der Waals surface area contributed by atoms with E-state index < -0.39 is 17.8 Å². The molecule has 0 saturated heterocycles. The number of aryl methyl sites for hydroxylation is 1. The molecule has 1 aliphatic carbocycles. The second-order valence-electron chi connectivity index (χ2n) is 7.00. The van der Waals surface area contributed by atoms with Crippen LogP contribution in [-0.2, 0) is 27.1 Å². The molecule has 29 heavy (non-hydrogen) atoms. The van der Waals surface area contributed by atoms with Gasteiger partial charge in [0, 0.05) is 10.6 Å². The quantitative estimate of drug-likeness (QED) is 0.684. The number of esters is 2. The highest BCUT2D eigenvalue weighted by Gasteiger charge is 2.23. The van der Waals surface area contributed by atoms with Crippen LogP contribution in [0.3, 0.4) is 0 Å². The smallest absolute Gasteiger partial charge is 0.348 e. The molecule has 1 aromatic carbocycles. The maximum absolute atomic E-state index is 12.3. The summed E-state index contributed by atoms with van der Waals surface area (Å²) in [6, 6.07) is 8.25. The summed E-state index contributed by atoms with van der Waals surface area (Å²) in [6.07, 6.45) is 4.33. The summed E-state index contributed by atoms with van der Waals surface area (Å²) in [7, 11) is 0. The number of hydrogen-bond donors (Lipinski definition) is 1. The van der Waals surface area contributed by atoms with Crippen molar-refractivity contribution in [3.8, 4) is 0 Å². The first-order valence-electron chi connectivity index (χ1n) is 9.85.